The third-order valence-corrected chi connectivity index (χ3v) is 5.01. The highest BCUT2D eigenvalue weighted by molar-refractivity contribution is 7.99. The number of aromatic nitrogens is 1. The van der Waals surface area contributed by atoms with E-state index in [9.17, 15) is 18.8 Å². The first-order valence-corrected chi connectivity index (χ1v) is 9.00. The zero-order chi connectivity index (χ0) is 20.4. The number of nitrogens with zero attached hydrogens (tertiary/aromatic N) is 2. The van der Waals surface area contributed by atoms with Crippen molar-refractivity contribution in [2.45, 2.75) is 35.9 Å². The van der Waals surface area contributed by atoms with Gasteiger partial charge in [-0.15, -0.1) is 0 Å². The van der Waals surface area contributed by atoms with E-state index in [-0.39, 0.29) is 22.1 Å². The maximum absolute atomic E-state index is 14.6. The van der Waals surface area contributed by atoms with Crippen LogP contribution in [0.15, 0.2) is 46.5 Å². The van der Waals surface area contributed by atoms with Crippen molar-refractivity contribution in [1.29, 1.82) is 0 Å². The second-order valence-corrected chi connectivity index (χ2v) is 7.16. The Kier molecular flexibility index (Phi) is 5.50. The van der Waals surface area contributed by atoms with E-state index in [4.69, 9.17) is 9.84 Å². The van der Waals surface area contributed by atoms with Gasteiger partial charge in [0.2, 0.25) is 5.91 Å². The number of anilines is 1. The van der Waals surface area contributed by atoms with Gasteiger partial charge in [0.1, 0.15) is 5.82 Å². The van der Waals surface area contributed by atoms with Gasteiger partial charge in [-0.05, 0) is 31.2 Å². The van der Waals surface area contributed by atoms with Gasteiger partial charge in [-0.1, -0.05) is 11.8 Å². The number of cyclic esters (lactones) is 1. The Morgan fingerprint density at radius 3 is 2.71 bits per heavy atom. The number of carboxylic acid groups (broad SMARTS) is 1. The fourth-order valence-electron chi connectivity index (χ4n) is 2.70. The van der Waals surface area contributed by atoms with Crippen LogP contribution in [0.3, 0.4) is 0 Å². The Morgan fingerprint density at radius 1 is 1.32 bits per heavy atom. The van der Waals surface area contributed by atoms with Gasteiger partial charge in [-0.25, -0.2) is 14.0 Å². The molecule has 3 rings (SSSR count). The number of rotatable bonds is 5. The van der Waals surface area contributed by atoms with Gasteiger partial charge < -0.3 is 15.2 Å². The van der Waals surface area contributed by atoms with Crippen molar-refractivity contribution in [3.63, 3.8) is 0 Å². The SMILES string of the molecule is CC(=O)N[C@H]1OC(=O)N(c2ccc(Sc3cncc(C(=O)O)c3)c(F)c2)C1C. The molecular weight excluding hydrogens is 389 g/mol. The number of carboxylic acids is 1. The molecule has 2 aromatic rings. The molecule has 1 aromatic heterocycles. The molecule has 2 amide bonds. The second kappa shape index (κ2) is 7.85. The van der Waals surface area contributed by atoms with E-state index in [0.29, 0.717) is 4.90 Å². The molecule has 0 saturated carbocycles. The van der Waals surface area contributed by atoms with E-state index >= 15 is 0 Å². The van der Waals surface area contributed by atoms with Crippen molar-refractivity contribution in [3.8, 4) is 0 Å². The molecule has 10 heteroatoms. The molecule has 146 valence electrons. The zero-order valence-electron chi connectivity index (χ0n) is 14.9. The molecule has 1 aliphatic heterocycles. The summed E-state index contributed by atoms with van der Waals surface area (Å²) in [4.78, 5) is 40.2. The van der Waals surface area contributed by atoms with Crippen LogP contribution in [-0.2, 0) is 9.53 Å². The van der Waals surface area contributed by atoms with Gasteiger partial charge in [0.25, 0.3) is 0 Å². The number of pyridine rings is 1. The maximum Gasteiger partial charge on any atom is 0.416 e. The van der Waals surface area contributed by atoms with E-state index in [0.717, 1.165) is 11.8 Å². The van der Waals surface area contributed by atoms with Crippen LogP contribution < -0.4 is 10.2 Å². The summed E-state index contributed by atoms with van der Waals surface area (Å²) >= 11 is 1.02. The number of carbonyl (C=O) groups is 3. The Hall–Kier alpha value is -3.14. The first kappa shape index (κ1) is 19.6. The fourth-order valence-corrected chi connectivity index (χ4v) is 3.54. The Morgan fingerprint density at radius 2 is 2.07 bits per heavy atom. The molecule has 2 atom stereocenters. The molecule has 1 aliphatic rings. The third kappa shape index (κ3) is 4.06. The Balaban J connectivity index is 1.81. The fraction of sp³-hybridized carbons (Fsp3) is 0.222. The molecule has 2 heterocycles. The topological polar surface area (TPSA) is 109 Å². The monoisotopic (exact) mass is 405 g/mol. The molecule has 2 N–H and O–H groups in total. The molecule has 0 radical (unpaired) electrons. The molecule has 0 bridgehead atoms. The van der Waals surface area contributed by atoms with Crippen LogP contribution in [0.2, 0.25) is 0 Å². The summed E-state index contributed by atoms with van der Waals surface area (Å²) in [5, 5.41) is 11.5. The Bertz CT molecular complexity index is 955. The summed E-state index contributed by atoms with van der Waals surface area (Å²) in [6.45, 7) is 2.98. The normalized spacial score (nSPS) is 18.7. The number of carbonyl (C=O) groups excluding carboxylic acids is 2. The molecule has 0 spiro atoms. The number of hydrogen-bond acceptors (Lipinski definition) is 6. The van der Waals surface area contributed by atoms with Crippen LogP contribution in [0.4, 0.5) is 14.9 Å². The molecular formula is C18H16FN3O5S. The summed E-state index contributed by atoms with van der Waals surface area (Å²) in [5.41, 5.74) is 0.282. The van der Waals surface area contributed by atoms with E-state index in [1.165, 1.54) is 42.4 Å². The summed E-state index contributed by atoms with van der Waals surface area (Å²) in [6, 6.07) is 5.09. The highest BCUT2D eigenvalue weighted by atomic mass is 32.2. The number of aromatic carboxylic acids is 1. The number of hydrogen-bond donors (Lipinski definition) is 2. The van der Waals surface area contributed by atoms with E-state index in [2.05, 4.69) is 10.3 Å². The smallest absolute Gasteiger partial charge is 0.416 e. The summed E-state index contributed by atoms with van der Waals surface area (Å²) in [5.74, 6) is -2.06. The molecule has 1 unspecified atom stereocenters. The average molecular weight is 405 g/mol. The largest absolute Gasteiger partial charge is 0.478 e. The van der Waals surface area contributed by atoms with Crippen LogP contribution >= 0.6 is 11.8 Å². The van der Waals surface area contributed by atoms with E-state index in [1.807, 2.05) is 0 Å². The second-order valence-electron chi connectivity index (χ2n) is 6.05. The molecule has 1 fully saturated rings. The van der Waals surface area contributed by atoms with Crippen molar-refractivity contribution >= 4 is 35.4 Å². The van der Waals surface area contributed by atoms with E-state index in [1.54, 1.807) is 13.0 Å². The lowest BCUT2D eigenvalue weighted by Crippen LogP contribution is -2.43. The van der Waals surface area contributed by atoms with Gasteiger partial charge >= 0.3 is 12.1 Å². The quantitative estimate of drug-likeness (QED) is 0.787. The zero-order valence-corrected chi connectivity index (χ0v) is 15.7. The minimum absolute atomic E-state index is 0.000298. The highest BCUT2D eigenvalue weighted by Gasteiger charge is 2.40. The number of halogens is 1. The summed E-state index contributed by atoms with van der Waals surface area (Å²) < 4.78 is 19.7. The predicted octanol–water partition coefficient (Wildman–Crippen LogP) is 2.88. The van der Waals surface area contributed by atoms with Crippen LogP contribution in [0, 0.1) is 5.82 Å². The number of amides is 2. The highest BCUT2D eigenvalue weighted by Crippen LogP contribution is 2.34. The first-order chi connectivity index (χ1) is 13.3. The van der Waals surface area contributed by atoms with Gasteiger partial charge in [0.15, 0.2) is 6.23 Å². The van der Waals surface area contributed by atoms with Crippen molar-refractivity contribution in [3.05, 3.63) is 48.0 Å². The number of benzene rings is 1. The molecule has 1 aromatic carbocycles. The molecule has 1 saturated heterocycles. The van der Waals surface area contributed by atoms with Crippen LogP contribution in [0.1, 0.15) is 24.2 Å². The van der Waals surface area contributed by atoms with Gasteiger partial charge in [-0.2, -0.15) is 0 Å². The first-order valence-electron chi connectivity index (χ1n) is 8.19. The van der Waals surface area contributed by atoms with Crippen molar-refractivity contribution in [2.24, 2.45) is 0 Å². The summed E-state index contributed by atoms with van der Waals surface area (Å²) in [6.07, 6.45) is 1.12. The van der Waals surface area contributed by atoms with Crippen LogP contribution in [0.5, 0.6) is 0 Å². The lowest BCUT2D eigenvalue weighted by molar-refractivity contribution is -0.121. The van der Waals surface area contributed by atoms with Crippen molar-refractivity contribution in [1.82, 2.24) is 10.3 Å². The maximum atomic E-state index is 14.6. The predicted molar refractivity (Wildman–Crippen MR) is 97.7 cm³/mol. The Labute approximate surface area is 163 Å². The van der Waals surface area contributed by atoms with Crippen LogP contribution in [0.25, 0.3) is 0 Å². The lowest BCUT2D eigenvalue weighted by Gasteiger charge is -2.21. The van der Waals surface area contributed by atoms with Gasteiger partial charge in [0, 0.05) is 29.1 Å². The number of nitrogens with one attached hydrogen (secondary N) is 1. The third-order valence-electron chi connectivity index (χ3n) is 4.00. The molecule has 0 aliphatic carbocycles. The van der Waals surface area contributed by atoms with E-state index < -0.39 is 30.1 Å². The molecule has 8 nitrogen and oxygen atoms in total. The molecule has 28 heavy (non-hydrogen) atoms. The van der Waals surface area contributed by atoms with Crippen LogP contribution in [-0.4, -0.2) is 40.3 Å². The minimum Gasteiger partial charge on any atom is -0.478 e. The lowest BCUT2D eigenvalue weighted by atomic mass is 10.2. The van der Waals surface area contributed by atoms with Crippen molar-refractivity contribution < 1.29 is 28.6 Å². The van der Waals surface area contributed by atoms with Crippen molar-refractivity contribution in [2.75, 3.05) is 4.90 Å². The van der Waals surface area contributed by atoms with Gasteiger partial charge in [0.05, 0.1) is 17.3 Å². The standard InChI is InChI=1S/C18H16FN3O5S/c1-9-16(21-10(2)23)27-18(26)22(9)12-3-4-15(14(19)6-12)28-13-5-11(17(24)25)7-20-8-13/h3-9,16H,1-2H3,(H,21,23)(H,24,25)/t9?,16-/m0/s1. The van der Waals surface area contributed by atoms with Gasteiger partial charge in [-0.3, -0.25) is 14.7 Å². The minimum atomic E-state index is -1.12. The average Bonchev–Trinajstić information content (AvgIpc) is 2.90. The number of ether oxygens (including phenoxy) is 1. The summed E-state index contributed by atoms with van der Waals surface area (Å²) in [7, 11) is 0.